The predicted octanol–water partition coefficient (Wildman–Crippen LogP) is 3.76. The first-order valence-electron chi connectivity index (χ1n) is 8.09. The highest BCUT2D eigenvalue weighted by molar-refractivity contribution is 5.55. The van der Waals surface area contributed by atoms with Crippen molar-refractivity contribution in [3.05, 3.63) is 29.3 Å². The molecule has 2 rings (SSSR count). The average molecular weight is 274 g/mol. The van der Waals surface area contributed by atoms with Crippen molar-refractivity contribution in [3.8, 4) is 0 Å². The number of benzene rings is 1. The van der Waals surface area contributed by atoms with Gasteiger partial charge in [-0.2, -0.15) is 0 Å². The van der Waals surface area contributed by atoms with Crippen molar-refractivity contribution in [2.75, 3.05) is 18.0 Å². The third-order valence-corrected chi connectivity index (χ3v) is 4.49. The first-order chi connectivity index (χ1) is 9.49. The molecule has 2 nitrogen and oxygen atoms in total. The van der Waals surface area contributed by atoms with E-state index in [0.717, 1.165) is 24.7 Å². The van der Waals surface area contributed by atoms with Crippen molar-refractivity contribution in [2.45, 2.75) is 53.0 Å². The van der Waals surface area contributed by atoms with E-state index in [1.54, 1.807) is 0 Å². The standard InChI is InChI=1S/C18H30N2/c1-5-17(19)10-16-6-7-18(15(4)9-16)20-11-13(2)8-14(3)12-20/h6-7,9,13-14,17H,5,8,10-12,19H2,1-4H3. The van der Waals surface area contributed by atoms with Crippen LogP contribution in [0.5, 0.6) is 0 Å². The van der Waals surface area contributed by atoms with E-state index in [1.807, 2.05) is 0 Å². The first-order valence-corrected chi connectivity index (χ1v) is 8.09. The van der Waals surface area contributed by atoms with Crippen molar-refractivity contribution in [3.63, 3.8) is 0 Å². The lowest BCUT2D eigenvalue weighted by Gasteiger charge is -2.37. The summed E-state index contributed by atoms with van der Waals surface area (Å²) < 4.78 is 0. The largest absolute Gasteiger partial charge is 0.371 e. The second-order valence-electron chi connectivity index (χ2n) is 6.84. The maximum atomic E-state index is 6.06. The predicted molar refractivity (Wildman–Crippen MR) is 88.3 cm³/mol. The van der Waals surface area contributed by atoms with Gasteiger partial charge in [0, 0.05) is 24.8 Å². The summed E-state index contributed by atoms with van der Waals surface area (Å²) in [7, 11) is 0. The van der Waals surface area contributed by atoms with Gasteiger partial charge in [0.1, 0.15) is 0 Å². The molecule has 0 amide bonds. The van der Waals surface area contributed by atoms with E-state index < -0.39 is 0 Å². The van der Waals surface area contributed by atoms with Crippen molar-refractivity contribution in [1.29, 1.82) is 0 Å². The van der Waals surface area contributed by atoms with E-state index in [4.69, 9.17) is 5.73 Å². The van der Waals surface area contributed by atoms with Gasteiger partial charge in [-0.15, -0.1) is 0 Å². The molecule has 0 saturated carbocycles. The van der Waals surface area contributed by atoms with Gasteiger partial charge in [-0.3, -0.25) is 0 Å². The molecule has 112 valence electrons. The molecule has 20 heavy (non-hydrogen) atoms. The molecule has 0 radical (unpaired) electrons. The van der Waals surface area contributed by atoms with Crippen LogP contribution in [0, 0.1) is 18.8 Å². The van der Waals surface area contributed by atoms with Crippen LogP contribution in [-0.2, 0) is 6.42 Å². The molecule has 0 spiro atoms. The van der Waals surface area contributed by atoms with E-state index in [0.29, 0.717) is 0 Å². The van der Waals surface area contributed by atoms with Crippen LogP contribution in [0.25, 0.3) is 0 Å². The monoisotopic (exact) mass is 274 g/mol. The molecule has 1 fully saturated rings. The lowest BCUT2D eigenvalue weighted by atomic mass is 9.91. The summed E-state index contributed by atoms with van der Waals surface area (Å²) in [5.74, 6) is 1.60. The molecule has 2 heteroatoms. The Morgan fingerprint density at radius 1 is 1.25 bits per heavy atom. The van der Waals surface area contributed by atoms with Crippen LogP contribution in [0.15, 0.2) is 18.2 Å². The average Bonchev–Trinajstić information content (AvgIpc) is 2.37. The van der Waals surface area contributed by atoms with Crippen molar-refractivity contribution < 1.29 is 0 Å². The minimum Gasteiger partial charge on any atom is -0.371 e. The van der Waals surface area contributed by atoms with E-state index >= 15 is 0 Å². The lowest BCUT2D eigenvalue weighted by Crippen LogP contribution is -2.39. The second kappa shape index (κ2) is 6.62. The number of nitrogens with zero attached hydrogens (tertiary/aromatic N) is 1. The van der Waals surface area contributed by atoms with Crippen molar-refractivity contribution in [2.24, 2.45) is 17.6 Å². The number of hydrogen-bond donors (Lipinski definition) is 1. The molecule has 1 aliphatic heterocycles. The summed E-state index contributed by atoms with van der Waals surface area (Å²) in [5.41, 5.74) is 10.2. The maximum Gasteiger partial charge on any atom is 0.0396 e. The fourth-order valence-corrected chi connectivity index (χ4v) is 3.51. The number of nitrogens with two attached hydrogens (primary N) is 1. The summed E-state index contributed by atoms with van der Waals surface area (Å²) in [4.78, 5) is 2.57. The normalized spacial score (nSPS) is 24.8. The Labute approximate surface area is 124 Å². The topological polar surface area (TPSA) is 29.3 Å². The van der Waals surface area contributed by atoms with Crippen LogP contribution in [0.2, 0.25) is 0 Å². The summed E-state index contributed by atoms with van der Waals surface area (Å²) in [5, 5.41) is 0. The zero-order valence-electron chi connectivity index (χ0n) is 13.5. The van der Waals surface area contributed by atoms with Gasteiger partial charge in [0.15, 0.2) is 0 Å². The Bertz CT molecular complexity index is 431. The van der Waals surface area contributed by atoms with Crippen LogP contribution in [0.3, 0.4) is 0 Å². The number of aryl methyl sites for hydroxylation is 1. The smallest absolute Gasteiger partial charge is 0.0396 e. The van der Waals surface area contributed by atoms with E-state index in [1.165, 1.54) is 36.3 Å². The quantitative estimate of drug-likeness (QED) is 0.906. The van der Waals surface area contributed by atoms with E-state index in [9.17, 15) is 0 Å². The zero-order valence-corrected chi connectivity index (χ0v) is 13.5. The van der Waals surface area contributed by atoms with Crippen molar-refractivity contribution >= 4 is 5.69 Å². The summed E-state index contributed by atoms with van der Waals surface area (Å²) in [6.45, 7) is 11.5. The molecule has 3 unspecified atom stereocenters. The van der Waals surface area contributed by atoms with Gasteiger partial charge >= 0.3 is 0 Å². The SMILES string of the molecule is CCC(N)Cc1ccc(N2CC(C)CC(C)C2)c(C)c1. The van der Waals surface area contributed by atoms with Crippen LogP contribution in [0.1, 0.15) is 44.7 Å². The van der Waals surface area contributed by atoms with Gasteiger partial charge in [-0.25, -0.2) is 0 Å². The third-order valence-electron chi connectivity index (χ3n) is 4.49. The highest BCUT2D eigenvalue weighted by Crippen LogP contribution is 2.29. The molecule has 0 aliphatic carbocycles. The first kappa shape index (κ1) is 15.4. The third kappa shape index (κ3) is 3.76. The van der Waals surface area contributed by atoms with E-state index in [-0.39, 0.29) is 6.04 Å². The summed E-state index contributed by atoms with van der Waals surface area (Å²) in [6, 6.07) is 7.18. The molecule has 1 heterocycles. The minimum atomic E-state index is 0.287. The fraction of sp³-hybridized carbons (Fsp3) is 0.667. The Balaban J connectivity index is 2.13. The van der Waals surface area contributed by atoms with Gasteiger partial charge in [0.05, 0.1) is 0 Å². The van der Waals surface area contributed by atoms with Gasteiger partial charge < -0.3 is 10.6 Å². The molecule has 1 aromatic carbocycles. The molecule has 3 atom stereocenters. The maximum absolute atomic E-state index is 6.06. The molecule has 1 saturated heterocycles. The minimum absolute atomic E-state index is 0.287. The molecule has 1 aromatic rings. The van der Waals surface area contributed by atoms with E-state index in [2.05, 4.69) is 50.8 Å². The second-order valence-corrected chi connectivity index (χ2v) is 6.84. The summed E-state index contributed by atoms with van der Waals surface area (Å²) >= 11 is 0. The Morgan fingerprint density at radius 2 is 1.90 bits per heavy atom. The van der Waals surface area contributed by atoms with Crippen LogP contribution < -0.4 is 10.6 Å². The van der Waals surface area contributed by atoms with Crippen LogP contribution in [-0.4, -0.2) is 19.1 Å². The number of anilines is 1. The van der Waals surface area contributed by atoms with Crippen LogP contribution >= 0.6 is 0 Å². The van der Waals surface area contributed by atoms with Crippen LogP contribution in [0.4, 0.5) is 5.69 Å². The lowest BCUT2D eigenvalue weighted by molar-refractivity contribution is 0.356. The molecule has 0 bridgehead atoms. The van der Waals surface area contributed by atoms with Crippen molar-refractivity contribution in [1.82, 2.24) is 0 Å². The Hall–Kier alpha value is -1.02. The number of piperidine rings is 1. The number of hydrogen-bond acceptors (Lipinski definition) is 2. The van der Waals surface area contributed by atoms with Gasteiger partial charge in [0.25, 0.3) is 0 Å². The zero-order chi connectivity index (χ0) is 14.7. The molecular weight excluding hydrogens is 244 g/mol. The van der Waals surface area contributed by atoms with Gasteiger partial charge in [0.2, 0.25) is 0 Å². The van der Waals surface area contributed by atoms with Gasteiger partial charge in [-0.05, 0) is 55.2 Å². The van der Waals surface area contributed by atoms with Gasteiger partial charge in [-0.1, -0.05) is 32.9 Å². The fourth-order valence-electron chi connectivity index (χ4n) is 3.51. The molecule has 1 aliphatic rings. The highest BCUT2D eigenvalue weighted by atomic mass is 15.1. The summed E-state index contributed by atoms with van der Waals surface area (Å²) in [6.07, 6.45) is 3.39. The Kier molecular flexibility index (Phi) is 5.09. The molecule has 0 aromatic heterocycles. The molecule has 2 N–H and O–H groups in total. The Morgan fingerprint density at radius 3 is 2.45 bits per heavy atom. The number of rotatable bonds is 4. The highest BCUT2D eigenvalue weighted by Gasteiger charge is 2.22. The molecular formula is C18H30N2.